The average molecular weight is 256 g/mol. The van der Waals surface area contributed by atoms with Crippen LogP contribution in [0.1, 0.15) is 21.6 Å². The Balaban J connectivity index is 1.97. The second-order valence-corrected chi connectivity index (χ2v) is 4.13. The molecule has 0 saturated heterocycles. The van der Waals surface area contributed by atoms with Gasteiger partial charge in [-0.15, -0.1) is 0 Å². The van der Waals surface area contributed by atoms with Gasteiger partial charge < -0.3 is 11.1 Å². The molecule has 98 valence electrons. The number of aryl methyl sites for hydroxylation is 1. The summed E-state index contributed by atoms with van der Waals surface area (Å²) in [5.41, 5.74) is 7.50. The molecule has 1 aromatic carbocycles. The van der Waals surface area contributed by atoms with Crippen molar-refractivity contribution in [2.24, 2.45) is 5.73 Å². The summed E-state index contributed by atoms with van der Waals surface area (Å²) in [5.74, 6) is 0.00324. The van der Waals surface area contributed by atoms with E-state index < -0.39 is 5.91 Å². The number of primary amides is 1. The van der Waals surface area contributed by atoms with Crippen molar-refractivity contribution >= 4 is 17.8 Å². The first-order valence-electron chi connectivity index (χ1n) is 5.98. The smallest absolute Gasteiger partial charge is 0.254 e. The number of anilines is 1. The third kappa shape index (κ3) is 3.22. The SMILES string of the molecule is Cc1[nH]nc(NC/C=C/c2ccccc2)c1C(N)=O. The van der Waals surface area contributed by atoms with Crippen LogP contribution in [0.2, 0.25) is 0 Å². The first-order valence-corrected chi connectivity index (χ1v) is 5.98. The van der Waals surface area contributed by atoms with E-state index in [0.717, 1.165) is 5.56 Å². The van der Waals surface area contributed by atoms with Gasteiger partial charge in [0.15, 0.2) is 5.82 Å². The lowest BCUT2D eigenvalue weighted by Crippen LogP contribution is -2.14. The second kappa shape index (κ2) is 5.86. The molecule has 0 aliphatic rings. The fraction of sp³-hybridized carbons (Fsp3) is 0.143. The first kappa shape index (κ1) is 12.9. The molecule has 0 fully saturated rings. The highest BCUT2D eigenvalue weighted by atomic mass is 16.1. The maximum Gasteiger partial charge on any atom is 0.254 e. The van der Waals surface area contributed by atoms with Crippen LogP contribution in [0.3, 0.4) is 0 Å². The molecular weight excluding hydrogens is 240 g/mol. The van der Waals surface area contributed by atoms with Crippen LogP contribution in [0.15, 0.2) is 36.4 Å². The highest BCUT2D eigenvalue weighted by Crippen LogP contribution is 2.14. The van der Waals surface area contributed by atoms with Crippen LogP contribution in [0, 0.1) is 6.92 Å². The van der Waals surface area contributed by atoms with Gasteiger partial charge in [0.25, 0.3) is 5.91 Å². The van der Waals surface area contributed by atoms with Crippen LogP contribution >= 0.6 is 0 Å². The Morgan fingerprint density at radius 1 is 1.42 bits per heavy atom. The minimum Gasteiger partial charge on any atom is -0.365 e. The molecule has 5 heteroatoms. The van der Waals surface area contributed by atoms with Crippen molar-refractivity contribution in [3.63, 3.8) is 0 Å². The first-order chi connectivity index (χ1) is 9.18. The van der Waals surface area contributed by atoms with Crippen LogP contribution in [0.5, 0.6) is 0 Å². The predicted molar refractivity (Wildman–Crippen MR) is 75.8 cm³/mol. The molecule has 0 radical (unpaired) electrons. The lowest BCUT2D eigenvalue weighted by molar-refractivity contribution is 0.100. The van der Waals surface area contributed by atoms with Crippen molar-refractivity contribution in [1.29, 1.82) is 0 Å². The largest absolute Gasteiger partial charge is 0.365 e. The van der Waals surface area contributed by atoms with Crippen molar-refractivity contribution in [2.75, 3.05) is 11.9 Å². The quantitative estimate of drug-likeness (QED) is 0.764. The van der Waals surface area contributed by atoms with Gasteiger partial charge in [-0.2, -0.15) is 5.10 Å². The minimum absolute atomic E-state index is 0.410. The molecule has 0 atom stereocenters. The number of nitrogens with two attached hydrogens (primary N) is 1. The molecule has 2 rings (SSSR count). The molecule has 0 spiro atoms. The number of benzene rings is 1. The molecule has 0 aliphatic heterocycles. The van der Waals surface area contributed by atoms with Crippen molar-refractivity contribution in [1.82, 2.24) is 10.2 Å². The molecule has 0 bridgehead atoms. The molecule has 1 amide bonds. The van der Waals surface area contributed by atoms with E-state index in [9.17, 15) is 4.79 Å². The summed E-state index contributed by atoms with van der Waals surface area (Å²) >= 11 is 0. The van der Waals surface area contributed by atoms with Crippen LogP contribution < -0.4 is 11.1 Å². The summed E-state index contributed by atoms with van der Waals surface area (Å²) < 4.78 is 0. The zero-order valence-corrected chi connectivity index (χ0v) is 10.7. The Morgan fingerprint density at radius 2 is 2.16 bits per heavy atom. The van der Waals surface area contributed by atoms with E-state index in [1.165, 1.54) is 0 Å². The number of nitrogens with zero attached hydrogens (tertiary/aromatic N) is 1. The molecule has 0 saturated carbocycles. The van der Waals surface area contributed by atoms with Gasteiger partial charge in [-0.25, -0.2) is 0 Å². The maximum absolute atomic E-state index is 11.3. The summed E-state index contributed by atoms with van der Waals surface area (Å²) in [6.07, 6.45) is 3.96. The number of hydrogen-bond acceptors (Lipinski definition) is 3. The van der Waals surface area contributed by atoms with E-state index in [-0.39, 0.29) is 0 Å². The number of aromatic nitrogens is 2. The molecule has 19 heavy (non-hydrogen) atoms. The van der Waals surface area contributed by atoms with E-state index >= 15 is 0 Å². The van der Waals surface area contributed by atoms with Crippen LogP contribution in [0.25, 0.3) is 6.08 Å². The lowest BCUT2D eigenvalue weighted by Gasteiger charge is -2.01. The van der Waals surface area contributed by atoms with E-state index in [1.54, 1.807) is 6.92 Å². The Bertz CT molecular complexity index is 587. The van der Waals surface area contributed by atoms with E-state index in [2.05, 4.69) is 15.5 Å². The molecule has 1 aromatic heterocycles. The van der Waals surface area contributed by atoms with Crippen LogP contribution in [-0.2, 0) is 0 Å². The minimum atomic E-state index is -0.485. The van der Waals surface area contributed by atoms with E-state index in [0.29, 0.717) is 23.6 Å². The number of hydrogen-bond donors (Lipinski definition) is 3. The topological polar surface area (TPSA) is 83.8 Å². The van der Waals surface area contributed by atoms with Gasteiger partial charge in [0.2, 0.25) is 0 Å². The standard InChI is InChI=1S/C14H16N4O/c1-10-12(13(15)19)14(18-17-10)16-9-5-8-11-6-3-2-4-7-11/h2-8H,9H2,1H3,(H2,15,19)(H2,16,17,18)/b8-5+. The average Bonchev–Trinajstić information content (AvgIpc) is 2.77. The predicted octanol–water partition coefficient (Wildman–Crippen LogP) is 1.94. The Morgan fingerprint density at radius 3 is 2.84 bits per heavy atom. The number of carbonyl (C=O) groups is 1. The number of amides is 1. The summed E-state index contributed by atoms with van der Waals surface area (Å²) in [7, 11) is 0. The van der Waals surface area contributed by atoms with E-state index in [4.69, 9.17) is 5.73 Å². The number of aromatic amines is 1. The highest BCUT2D eigenvalue weighted by molar-refractivity contribution is 5.98. The highest BCUT2D eigenvalue weighted by Gasteiger charge is 2.14. The summed E-state index contributed by atoms with van der Waals surface area (Å²) in [6.45, 7) is 2.33. The number of rotatable bonds is 5. The van der Waals surface area contributed by atoms with Gasteiger partial charge in [-0.3, -0.25) is 9.89 Å². The van der Waals surface area contributed by atoms with Crippen LogP contribution in [0.4, 0.5) is 5.82 Å². The van der Waals surface area contributed by atoms with Gasteiger partial charge in [-0.05, 0) is 12.5 Å². The van der Waals surface area contributed by atoms with E-state index in [1.807, 2.05) is 42.5 Å². The normalized spacial score (nSPS) is 10.8. The second-order valence-electron chi connectivity index (χ2n) is 4.13. The Kier molecular flexibility index (Phi) is 3.97. The molecule has 4 N–H and O–H groups in total. The maximum atomic E-state index is 11.3. The lowest BCUT2D eigenvalue weighted by atomic mass is 10.2. The monoisotopic (exact) mass is 256 g/mol. The Hall–Kier alpha value is -2.56. The fourth-order valence-electron chi connectivity index (χ4n) is 1.77. The molecule has 2 aromatic rings. The third-order valence-corrected chi connectivity index (χ3v) is 2.69. The number of nitrogens with one attached hydrogen (secondary N) is 2. The Labute approximate surface area is 111 Å². The molecule has 0 aliphatic carbocycles. The summed E-state index contributed by atoms with van der Waals surface area (Å²) in [6, 6.07) is 9.97. The molecule has 5 nitrogen and oxygen atoms in total. The zero-order chi connectivity index (χ0) is 13.7. The van der Waals surface area contributed by atoms with Crippen molar-refractivity contribution < 1.29 is 4.79 Å². The van der Waals surface area contributed by atoms with Crippen LogP contribution in [-0.4, -0.2) is 22.6 Å². The van der Waals surface area contributed by atoms with Gasteiger partial charge in [-0.1, -0.05) is 42.5 Å². The number of carbonyl (C=O) groups excluding carboxylic acids is 1. The van der Waals surface area contributed by atoms with Crippen molar-refractivity contribution in [3.05, 3.63) is 53.2 Å². The molecule has 0 unspecified atom stereocenters. The van der Waals surface area contributed by atoms with Crippen molar-refractivity contribution in [2.45, 2.75) is 6.92 Å². The summed E-state index contributed by atoms with van der Waals surface area (Å²) in [4.78, 5) is 11.3. The molecular formula is C14H16N4O. The van der Waals surface area contributed by atoms with Gasteiger partial charge in [0, 0.05) is 12.2 Å². The van der Waals surface area contributed by atoms with Crippen molar-refractivity contribution in [3.8, 4) is 0 Å². The third-order valence-electron chi connectivity index (χ3n) is 2.69. The van der Waals surface area contributed by atoms with Gasteiger partial charge in [0.1, 0.15) is 5.56 Å². The number of H-pyrrole nitrogens is 1. The zero-order valence-electron chi connectivity index (χ0n) is 10.7. The van der Waals surface area contributed by atoms with Gasteiger partial charge >= 0.3 is 0 Å². The van der Waals surface area contributed by atoms with Gasteiger partial charge in [0.05, 0.1) is 0 Å². The summed E-state index contributed by atoms with van der Waals surface area (Å²) in [5, 5.41) is 9.81. The molecule has 1 heterocycles. The fourth-order valence-corrected chi connectivity index (χ4v) is 1.77.